The molecule has 0 fully saturated rings. The van der Waals surface area contributed by atoms with Gasteiger partial charge in [-0.1, -0.05) is 11.6 Å². The van der Waals surface area contributed by atoms with Gasteiger partial charge < -0.3 is 6.53 Å². The van der Waals surface area contributed by atoms with Crippen LogP contribution in [-0.2, 0) is 0 Å². The minimum Gasteiger partial charge on any atom is -1.00 e. The van der Waals surface area contributed by atoms with E-state index in [1.807, 2.05) is 0 Å². The van der Waals surface area contributed by atoms with E-state index in [1.165, 1.54) is 6.07 Å². The van der Waals surface area contributed by atoms with Gasteiger partial charge in [0, 0.05) is 5.02 Å². The predicted molar refractivity (Wildman–Crippen MR) is 41.9 cm³/mol. The topological polar surface area (TPSA) is 20.2 Å². The first-order chi connectivity index (χ1) is 4.20. The Morgan fingerprint density at radius 3 is 2.50 bits per heavy atom. The smallest absolute Gasteiger partial charge is 1.00 e. The molecule has 10 heavy (non-hydrogen) atoms. The zero-order chi connectivity index (χ0) is 6.85. The van der Waals surface area contributed by atoms with Crippen LogP contribution < -0.4 is 51.4 Å². The first kappa shape index (κ1) is 11.4. The van der Waals surface area contributed by atoms with Crippen molar-refractivity contribution < 1.29 is 57.9 Å². The first-order valence-corrected chi connectivity index (χ1v) is 3.51. The minimum absolute atomic E-state index is 0. The summed E-state index contributed by atoms with van der Waals surface area (Å²) in [6.45, 7) is 0. The van der Waals surface area contributed by atoms with Crippen molar-refractivity contribution >= 4 is 27.5 Å². The Labute approximate surface area is 117 Å². The van der Waals surface area contributed by atoms with Crippen molar-refractivity contribution in [2.75, 3.05) is 0 Å². The number of benzene rings is 1. The Morgan fingerprint density at radius 1 is 1.50 bits per heavy atom. The summed E-state index contributed by atoms with van der Waals surface area (Å²) < 4.78 is 0.620. The van der Waals surface area contributed by atoms with Crippen LogP contribution in [0.25, 0.3) is 0 Å². The second-order valence-corrected chi connectivity index (χ2v) is 2.89. The fourth-order valence-electron chi connectivity index (χ4n) is 0.481. The van der Waals surface area contributed by atoms with Crippen LogP contribution in [0.1, 0.15) is 1.43 Å². The SMILES string of the molecule is Oc1ccc(Cl)cc1Br.[H-].[K+]. The Kier molecular flexibility index (Phi) is 5.87. The maximum Gasteiger partial charge on any atom is 1.00 e. The molecular formula is C6H5BrClKO. The third-order valence-corrected chi connectivity index (χ3v) is 1.78. The second-order valence-electron chi connectivity index (χ2n) is 1.60. The second kappa shape index (κ2) is 5.14. The number of rotatable bonds is 0. The van der Waals surface area contributed by atoms with E-state index in [0.717, 1.165) is 0 Å². The molecular weight excluding hydrogens is 243 g/mol. The Bertz CT molecular complexity index is 234. The summed E-state index contributed by atoms with van der Waals surface area (Å²) >= 11 is 8.69. The van der Waals surface area contributed by atoms with Gasteiger partial charge in [-0.05, 0) is 34.1 Å². The maximum absolute atomic E-state index is 8.94. The van der Waals surface area contributed by atoms with Crippen molar-refractivity contribution in [2.24, 2.45) is 0 Å². The number of phenols is 1. The molecule has 0 atom stereocenters. The predicted octanol–water partition coefficient (Wildman–Crippen LogP) is -0.0754. The zero-order valence-electron chi connectivity index (χ0n) is 6.44. The maximum atomic E-state index is 8.94. The zero-order valence-corrected chi connectivity index (χ0v) is 10.9. The van der Waals surface area contributed by atoms with Gasteiger partial charge in [-0.25, -0.2) is 0 Å². The van der Waals surface area contributed by atoms with Crippen molar-refractivity contribution in [3.63, 3.8) is 0 Å². The molecule has 0 aliphatic heterocycles. The third kappa shape index (κ3) is 3.22. The van der Waals surface area contributed by atoms with Gasteiger partial charge >= 0.3 is 51.4 Å². The fourth-order valence-corrected chi connectivity index (χ4v) is 1.16. The average Bonchev–Trinajstić information content (AvgIpc) is 1.80. The summed E-state index contributed by atoms with van der Waals surface area (Å²) in [6, 6.07) is 4.80. The van der Waals surface area contributed by atoms with E-state index in [1.54, 1.807) is 12.1 Å². The summed E-state index contributed by atoms with van der Waals surface area (Å²) in [7, 11) is 0. The molecule has 1 aromatic rings. The summed E-state index contributed by atoms with van der Waals surface area (Å²) in [6.07, 6.45) is 0. The molecule has 0 saturated heterocycles. The Balaban J connectivity index is 0. The van der Waals surface area contributed by atoms with Crippen molar-refractivity contribution in [3.8, 4) is 5.75 Å². The van der Waals surface area contributed by atoms with Crippen molar-refractivity contribution in [3.05, 3.63) is 27.7 Å². The fraction of sp³-hybridized carbons (Fsp3) is 0. The quantitative estimate of drug-likeness (QED) is 0.636. The first-order valence-electron chi connectivity index (χ1n) is 2.34. The summed E-state index contributed by atoms with van der Waals surface area (Å²) in [4.78, 5) is 0. The van der Waals surface area contributed by atoms with Crippen molar-refractivity contribution in [2.45, 2.75) is 0 Å². The summed E-state index contributed by atoms with van der Waals surface area (Å²) in [5.74, 6) is 0.208. The molecule has 0 amide bonds. The largest absolute Gasteiger partial charge is 1.00 e. The van der Waals surface area contributed by atoms with Crippen LogP contribution in [0.4, 0.5) is 0 Å². The van der Waals surface area contributed by atoms with Crippen LogP contribution in [-0.4, -0.2) is 5.11 Å². The molecule has 1 nitrogen and oxygen atoms in total. The molecule has 0 aliphatic rings. The third-order valence-electron chi connectivity index (χ3n) is 0.910. The number of hydrogen-bond acceptors (Lipinski definition) is 1. The van der Waals surface area contributed by atoms with Gasteiger partial charge in [0.1, 0.15) is 5.75 Å². The molecule has 50 valence electrons. The molecule has 0 aliphatic carbocycles. The molecule has 4 heteroatoms. The van der Waals surface area contributed by atoms with Crippen LogP contribution in [0, 0.1) is 0 Å². The van der Waals surface area contributed by atoms with Crippen molar-refractivity contribution in [1.29, 1.82) is 0 Å². The Hall–Kier alpha value is 1.43. The summed E-state index contributed by atoms with van der Waals surface area (Å²) in [5, 5.41) is 9.55. The van der Waals surface area contributed by atoms with Gasteiger partial charge in [-0.15, -0.1) is 0 Å². The van der Waals surface area contributed by atoms with Gasteiger partial charge in [0.2, 0.25) is 0 Å². The molecule has 0 bridgehead atoms. The van der Waals surface area contributed by atoms with E-state index >= 15 is 0 Å². The monoisotopic (exact) mass is 246 g/mol. The van der Waals surface area contributed by atoms with Gasteiger partial charge in [-0.2, -0.15) is 0 Å². The molecule has 1 aromatic carbocycles. The van der Waals surface area contributed by atoms with Gasteiger partial charge in [0.15, 0.2) is 0 Å². The molecule has 1 rings (SSSR count). The standard InChI is InChI=1S/C6H4BrClO.K.H/c7-5-3-4(8)1-2-6(5)9;;/h1-3,9H;;/q;+1;-1. The van der Waals surface area contributed by atoms with Gasteiger partial charge in [0.05, 0.1) is 4.47 Å². The van der Waals surface area contributed by atoms with Crippen LogP contribution in [0.15, 0.2) is 22.7 Å². The van der Waals surface area contributed by atoms with Crippen LogP contribution in [0.5, 0.6) is 5.75 Å². The van der Waals surface area contributed by atoms with E-state index < -0.39 is 0 Å². The van der Waals surface area contributed by atoms with Gasteiger partial charge in [-0.3, -0.25) is 0 Å². The van der Waals surface area contributed by atoms with Crippen LogP contribution >= 0.6 is 27.5 Å². The van der Waals surface area contributed by atoms with E-state index in [2.05, 4.69) is 15.9 Å². The Morgan fingerprint density at radius 2 is 2.10 bits per heavy atom. The van der Waals surface area contributed by atoms with Crippen LogP contribution in [0.2, 0.25) is 5.02 Å². The summed E-state index contributed by atoms with van der Waals surface area (Å²) in [5.41, 5.74) is 0. The minimum atomic E-state index is 0. The number of phenolic OH excluding ortho intramolecular Hbond substituents is 1. The number of hydrogen-bond donors (Lipinski definition) is 1. The molecule has 0 radical (unpaired) electrons. The van der Waals surface area contributed by atoms with E-state index in [0.29, 0.717) is 9.50 Å². The molecule has 0 unspecified atom stereocenters. The normalized spacial score (nSPS) is 8.60. The van der Waals surface area contributed by atoms with Crippen molar-refractivity contribution in [1.82, 2.24) is 0 Å². The molecule has 1 N–H and O–H groups in total. The molecule has 0 heterocycles. The number of aromatic hydroxyl groups is 1. The van der Waals surface area contributed by atoms with E-state index in [-0.39, 0.29) is 58.6 Å². The molecule has 0 spiro atoms. The molecule has 0 saturated carbocycles. The molecule has 0 aromatic heterocycles. The van der Waals surface area contributed by atoms with Crippen LogP contribution in [0.3, 0.4) is 0 Å². The van der Waals surface area contributed by atoms with Gasteiger partial charge in [0.25, 0.3) is 0 Å². The van der Waals surface area contributed by atoms with E-state index in [4.69, 9.17) is 16.7 Å². The van der Waals surface area contributed by atoms with E-state index in [9.17, 15) is 0 Å². The number of halogens is 2. The average molecular weight is 248 g/mol.